The molecule has 1 aromatic rings. The molecular formula is C18H25NO3. The van der Waals surface area contributed by atoms with Gasteiger partial charge in [-0.2, -0.15) is 0 Å². The minimum Gasteiger partial charge on any atom is -0.497 e. The molecule has 4 heteroatoms. The highest BCUT2D eigenvalue weighted by Crippen LogP contribution is 2.44. The number of rotatable bonds is 6. The molecule has 120 valence electrons. The number of carbonyl (C=O) groups is 1. The van der Waals surface area contributed by atoms with Crippen LogP contribution in [-0.4, -0.2) is 25.2 Å². The Bertz CT molecular complexity index is 531. The summed E-state index contributed by atoms with van der Waals surface area (Å²) in [6.45, 7) is 1.98. The zero-order chi connectivity index (χ0) is 15.5. The molecule has 2 fully saturated rings. The van der Waals surface area contributed by atoms with Gasteiger partial charge in [0.1, 0.15) is 11.5 Å². The van der Waals surface area contributed by atoms with Gasteiger partial charge in [0, 0.05) is 12.1 Å². The molecule has 3 rings (SSSR count). The van der Waals surface area contributed by atoms with Gasteiger partial charge in [-0.05, 0) is 49.7 Å². The van der Waals surface area contributed by atoms with E-state index in [1.54, 1.807) is 7.11 Å². The summed E-state index contributed by atoms with van der Waals surface area (Å²) >= 11 is 0. The van der Waals surface area contributed by atoms with Gasteiger partial charge in [-0.15, -0.1) is 0 Å². The standard InChI is InChI=1S/C18H25NO3/c1-3-17(22-15-6-4-5-14(11-15)21-2)18(20)19-16-10-12-7-8-13(16)9-12/h4-6,11-13,16-17H,3,7-10H2,1-2H3,(H,19,20)/t12-,13-,16+,17-/m1/s1. The molecule has 0 aliphatic heterocycles. The number of fused-ring (bicyclic) bond motifs is 2. The summed E-state index contributed by atoms with van der Waals surface area (Å²) in [7, 11) is 1.62. The molecule has 0 unspecified atom stereocenters. The van der Waals surface area contributed by atoms with Gasteiger partial charge in [-0.1, -0.05) is 19.4 Å². The topological polar surface area (TPSA) is 47.6 Å². The molecule has 1 aromatic carbocycles. The van der Waals surface area contributed by atoms with E-state index in [2.05, 4.69) is 5.32 Å². The third-order valence-electron chi connectivity index (χ3n) is 5.05. The maximum atomic E-state index is 12.5. The first-order valence-electron chi connectivity index (χ1n) is 8.30. The third kappa shape index (κ3) is 3.21. The molecule has 0 heterocycles. The van der Waals surface area contributed by atoms with Crippen LogP contribution in [0.25, 0.3) is 0 Å². The molecule has 2 aliphatic rings. The molecule has 2 aliphatic carbocycles. The summed E-state index contributed by atoms with van der Waals surface area (Å²) in [6, 6.07) is 7.76. The summed E-state index contributed by atoms with van der Waals surface area (Å²) in [5.41, 5.74) is 0. The fraction of sp³-hybridized carbons (Fsp3) is 0.611. The fourth-order valence-corrected chi connectivity index (χ4v) is 3.86. The lowest BCUT2D eigenvalue weighted by molar-refractivity contribution is -0.129. The van der Waals surface area contributed by atoms with Crippen LogP contribution in [0, 0.1) is 11.8 Å². The monoisotopic (exact) mass is 303 g/mol. The van der Waals surface area contributed by atoms with Crippen LogP contribution in [0.2, 0.25) is 0 Å². The van der Waals surface area contributed by atoms with Crippen molar-refractivity contribution in [1.29, 1.82) is 0 Å². The molecule has 1 amide bonds. The summed E-state index contributed by atoms with van der Waals surface area (Å²) in [6.07, 6.45) is 5.26. The van der Waals surface area contributed by atoms with E-state index in [1.165, 1.54) is 19.3 Å². The Labute approximate surface area is 132 Å². The molecule has 0 spiro atoms. The van der Waals surface area contributed by atoms with Crippen molar-refractivity contribution in [3.63, 3.8) is 0 Å². The second-order valence-corrected chi connectivity index (χ2v) is 6.48. The zero-order valence-electron chi connectivity index (χ0n) is 13.4. The van der Waals surface area contributed by atoms with Crippen LogP contribution in [0.5, 0.6) is 11.5 Å². The maximum Gasteiger partial charge on any atom is 0.261 e. The molecule has 4 nitrogen and oxygen atoms in total. The van der Waals surface area contributed by atoms with Crippen molar-refractivity contribution in [3.05, 3.63) is 24.3 Å². The average Bonchev–Trinajstić information content (AvgIpc) is 3.15. The number of methoxy groups -OCH3 is 1. The van der Waals surface area contributed by atoms with Crippen LogP contribution in [0.3, 0.4) is 0 Å². The quantitative estimate of drug-likeness (QED) is 0.878. The normalized spacial score (nSPS) is 27.5. The van der Waals surface area contributed by atoms with Crippen LogP contribution in [0.4, 0.5) is 0 Å². The molecule has 4 atom stereocenters. The predicted molar refractivity (Wildman–Crippen MR) is 85.1 cm³/mol. The lowest BCUT2D eigenvalue weighted by Crippen LogP contribution is -2.45. The summed E-state index contributed by atoms with van der Waals surface area (Å²) in [5, 5.41) is 3.21. The van der Waals surface area contributed by atoms with Crippen LogP contribution in [0.1, 0.15) is 39.0 Å². The first kappa shape index (κ1) is 15.2. The number of ether oxygens (including phenoxy) is 2. The second kappa shape index (κ2) is 6.59. The first-order valence-corrected chi connectivity index (χ1v) is 8.30. The molecule has 2 bridgehead atoms. The Hall–Kier alpha value is -1.71. The first-order chi connectivity index (χ1) is 10.7. The van der Waals surface area contributed by atoms with Crippen LogP contribution in [-0.2, 0) is 4.79 Å². The van der Waals surface area contributed by atoms with Gasteiger partial charge in [0.15, 0.2) is 6.10 Å². The average molecular weight is 303 g/mol. The Morgan fingerprint density at radius 2 is 2.14 bits per heavy atom. The van der Waals surface area contributed by atoms with Gasteiger partial charge >= 0.3 is 0 Å². The van der Waals surface area contributed by atoms with Crippen LogP contribution in [0.15, 0.2) is 24.3 Å². The van der Waals surface area contributed by atoms with Crippen molar-refractivity contribution in [2.75, 3.05) is 7.11 Å². The van der Waals surface area contributed by atoms with E-state index < -0.39 is 6.10 Å². The lowest BCUT2D eigenvalue weighted by atomic mass is 9.95. The summed E-state index contributed by atoms with van der Waals surface area (Å²) < 4.78 is 11.1. The predicted octanol–water partition coefficient (Wildman–Crippen LogP) is 3.16. The Morgan fingerprint density at radius 3 is 2.77 bits per heavy atom. The number of hydrogen-bond donors (Lipinski definition) is 1. The van der Waals surface area contributed by atoms with Crippen molar-refractivity contribution in [3.8, 4) is 11.5 Å². The molecule has 0 saturated heterocycles. The Kier molecular flexibility index (Phi) is 4.55. The molecule has 0 radical (unpaired) electrons. The third-order valence-corrected chi connectivity index (χ3v) is 5.05. The van der Waals surface area contributed by atoms with Crippen molar-refractivity contribution in [2.24, 2.45) is 11.8 Å². The Morgan fingerprint density at radius 1 is 1.32 bits per heavy atom. The summed E-state index contributed by atoms with van der Waals surface area (Å²) in [5.74, 6) is 2.94. The van der Waals surface area contributed by atoms with E-state index in [0.717, 1.165) is 18.1 Å². The van der Waals surface area contributed by atoms with Gasteiger partial charge in [0.2, 0.25) is 0 Å². The summed E-state index contributed by atoms with van der Waals surface area (Å²) in [4.78, 5) is 12.5. The molecule has 22 heavy (non-hydrogen) atoms. The van der Waals surface area contributed by atoms with Crippen molar-refractivity contribution in [1.82, 2.24) is 5.32 Å². The molecule has 0 aromatic heterocycles. The second-order valence-electron chi connectivity index (χ2n) is 6.48. The lowest BCUT2D eigenvalue weighted by Gasteiger charge is -2.25. The smallest absolute Gasteiger partial charge is 0.261 e. The van der Waals surface area contributed by atoms with Gasteiger partial charge < -0.3 is 14.8 Å². The van der Waals surface area contributed by atoms with Crippen molar-refractivity contribution < 1.29 is 14.3 Å². The maximum absolute atomic E-state index is 12.5. The van der Waals surface area contributed by atoms with E-state index in [4.69, 9.17) is 9.47 Å². The number of nitrogens with one attached hydrogen (secondary N) is 1. The van der Waals surface area contributed by atoms with Crippen LogP contribution >= 0.6 is 0 Å². The van der Waals surface area contributed by atoms with Gasteiger partial charge in [-0.25, -0.2) is 0 Å². The number of carbonyl (C=O) groups excluding carboxylic acids is 1. The Balaban J connectivity index is 1.59. The molecular weight excluding hydrogens is 278 g/mol. The highest BCUT2D eigenvalue weighted by atomic mass is 16.5. The van der Waals surface area contributed by atoms with Gasteiger partial charge in [0.05, 0.1) is 7.11 Å². The van der Waals surface area contributed by atoms with Gasteiger partial charge in [0.25, 0.3) is 5.91 Å². The van der Waals surface area contributed by atoms with Crippen molar-refractivity contribution in [2.45, 2.75) is 51.2 Å². The van der Waals surface area contributed by atoms with E-state index in [9.17, 15) is 4.79 Å². The van der Waals surface area contributed by atoms with E-state index >= 15 is 0 Å². The van der Waals surface area contributed by atoms with E-state index in [1.807, 2.05) is 31.2 Å². The largest absolute Gasteiger partial charge is 0.497 e. The van der Waals surface area contributed by atoms with E-state index in [-0.39, 0.29) is 5.91 Å². The van der Waals surface area contributed by atoms with Crippen LogP contribution < -0.4 is 14.8 Å². The molecule has 1 N–H and O–H groups in total. The minimum atomic E-state index is -0.439. The SMILES string of the molecule is CC[C@@H](Oc1cccc(OC)c1)C(=O)N[C@H]1C[C@@H]2CC[C@@H]1C2. The van der Waals surface area contributed by atoms with Crippen molar-refractivity contribution >= 4 is 5.91 Å². The number of hydrogen-bond acceptors (Lipinski definition) is 3. The highest BCUT2D eigenvalue weighted by Gasteiger charge is 2.40. The van der Waals surface area contributed by atoms with Gasteiger partial charge in [-0.3, -0.25) is 4.79 Å². The molecule has 2 saturated carbocycles. The highest BCUT2D eigenvalue weighted by molar-refractivity contribution is 5.81. The number of amides is 1. The number of benzene rings is 1. The van der Waals surface area contributed by atoms with E-state index in [0.29, 0.717) is 24.1 Å². The minimum absolute atomic E-state index is 0.0165. The zero-order valence-corrected chi connectivity index (χ0v) is 13.4. The fourth-order valence-electron chi connectivity index (χ4n) is 3.86.